The zero-order valence-corrected chi connectivity index (χ0v) is 17.7. The molecule has 3 atom stereocenters. The van der Waals surface area contributed by atoms with E-state index in [9.17, 15) is 13.9 Å². The maximum absolute atomic E-state index is 14.6. The highest BCUT2D eigenvalue weighted by atomic mass is 19.1. The van der Waals surface area contributed by atoms with Crippen LogP contribution in [0.5, 0.6) is 5.75 Å². The van der Waals surface area contributed by atoms with Crippen LogP contribution < -0.4 is 4.90 Å². The van der Waals surface area contributed by atoms with Gasteiger partial charge in [0.25, 0.3) is 0 Å². The van der Waals surface area contributed by atoms with Gasteiger partial charge < -0.3 is 10.0 Å². The predicted molar refractivity (Wildman–Crippen MR) is 115 cm³/mol. The summed E-state index contributed by atoms with van der Waals surface area (Å²) in [6.45, 7) is 4.24. The number of rotatable bonds is 5. The topological polar surface area (TPSA) is 67.1 Å². The summed E-state index contributed by atoms with van der Waals surface area (Å²) in [6.07, 6.45) is 6.49. The number of phenols is 1. The Balaban J connectivity index is 1.55. The smallest absolute Gasteiger partial charge is 0.161 e. The number of aromatic nitrogens is 4. The van der Waals surface area contributed by atoms with Crippen molar-refractivity contribution in [1.82, 2.24) is 20.0 Å². The molecule has 31 heavy (non-hydrogen) atoms. The number of alkyl halides is 1. The number of nitrogens with zero attached hydrogens (tertiary/aromatic N) is 5. The summed E-state index contributed by atoms with van der Waals surface area (Å²) in [5, 5.41) is 22.8. The average molecular weight is 425 g/mol. The first-order valence-corrected chi connectivity index (χ1v) is 10.2. The monoisotopic (exact) mass is 425 g/mol. The lowest BCUT2D eigenvalue weighted by Crippen LogP contribution is -2.44. The van der Waals surface area contributed by atoms with Crippen molar-refractivity contribution in [1.29, 1.82) is 0 Å². The first-order valence-electron chi connectivity index (χ1n) is 10.2. The van der Waals surface area contributed by atoms with Crippen molar-refractivity contribution in [2.45, 2.75) is 38.9 Å². The minimum Gasteiger partial charge on any atom is -0.507 e. The van der Waals surface area contributed by atoms with Gasteiger partial charge in [0.1, 0.15) is 11.9 Å². The number of hydrogen-bond acceptors (Lipinski definition) is 5. The first kappa shape index (κ1) is 21.0. The van der Waals surface area contributed by atoms with Gasteiger partial charge in [0.15, 0.2) is 11.6 Å². The Hall–Kier alpha value is -3.29. The van der Waals surface area contributed by atoms with Gasteiger partial charge in [0.2, 0.25) is 0 Å². The number of halogens is 2. The molecule has 2 heterocycles. The number of anilines is 1. The summed E-state index contributed by atoms with van der Waals surface area (Å²) in [6, 6.07) is 8.05. The van der Waals surface area contributed by atoms with Gasteiger partial charge in [0.05, 0.1) is 29.8 Å². The average Bonchev–Trinajstić information content (AvgIpc) is 3.21. The number of phenolic OH excluding ortho intramolecular Hbond substituents is 1. The molecule has 3 aromatic rings. The SMILES string of the molecule is CC[C@@]1(C)C=C[C@@H](F)[C@@H](N(C)c2ccc(-c3ccc(-n4cc(F)cn4)cc3O)nn2)C1. The number of hydrogen-bond donors (Lipinski definition) is 1. The van der Waals surface area contributed by atoms with E-state index in [4.69, 9.17) is 0 Å². The highest BCUT2D eigenvalue weighted by Gasteiger charge is 2.35. The standard InChI is InChI=1S/C23H25F2N5O/c1-4-23(2)10-9-18(25)20(12-23)29(3)22-8-7-19(27-28-22)17-6-5-16(11-21(17)31)30-14-15(24)13-26-30/h5-11,13-14,18,20,31H,4,12H2,1-3H3/t18-,20+,23+/m1/s1. The largest absolute Gasteiger partial charge is 0.507 e. The van der Waals surface area contributed by atoms with Gasteiger partial charge in [0, 0.05) is 18.7 Å². The van der Waals surface area contributed by atoms with Crippen LogP contribution in [0.2, 0.25) is 0 Å². The van der Waals surface area contributed by atoms with Gasteiger partial charge in [-0.05, 0) is 42.5 Å². The summed E-state index contributed by atoms with van der Waals surface area (Å²) in [5.41, 5.74) is 1.44. The molecule has 0 radical (unpaired) electrons. The predicted octanol–water partition coefficient (Wildman–Crippen LogP) is 4.69. The molecule has 0 amide bonds. The van der Waals surface area contributed by atoms with Gasteiger partial charge >= 0.3 is 0 Å². The lowest BCUT2D eigenvalue weighted by Gasteiger charge is -2.39. The molecule has 8 heteroatoms. The zero-order chi connectivity index (χ0) is 22.2. The Bertz CT molecular complexity index is 1100. The van der Waals surface area contributed by atoms with Crippen LogP contribution in [0.25, 0.3) is 16.9 Å². The zero-order valence-electron chi connectivity index (χ0n) is 17.7. The fourth-order valence-electron chi connectivity index (χ4n) is 3.87. The minimum atomic E-state index is -1.07. The molecular formula is C23H25F2N5O. The van der Waals surface area contributed by atoms with Gasteiger partial charge in [-0.15, -0.1) is 10.2 Å². The quantitative estimate of drug-likeness (QED) is 0.601. The second kappa shape index (κ2) is 8.09. The van der Waals surface area contributed by atoms with Crippen LogP contribution in [-0.2, 0) is 0 Å². The van der Waals surface area contributed by atoms with E-state index in [1.807, 2.05) is 18.0 Å². The lowest BCUT2D eigenvalue weighted by molar-refractivity contribution is 0.232. The number of benzene rings is 1. The molecule has 0 unspecified atom stereocenters. The Labute approximate surface area is 179 Å². The van der Waals surface area contributed by atoms with Crippen LogP contribution in [0.3, 0.4) is 0 Å². The Kier molecular flexibility index (Phi) is 5.47. The maximum atomic E-state index is 14.6. The molecule has 6 nitrogen and oxygen atoms in total. The third-order valence-electron chi connectivity index (χ3n) is 6.12. The van der Waals surface area contributed by atoms with Crippen LogP contribution >= 0.6 is 0 Å². The van der Waals surface area contributed by atoms with E-state index in [0.29, 0.717) is 29.2 Å². The second-order valence-corrected chi connectivity index (χ2v) is 8.27. The van der Waals surface area contributed by atoms with Crippen LogP contribution in [0.4, 0.5) is 14.6 Å². The van der Waals surface area contributed by atoms with E-state index >= 15 is 0 Å². The molecule has 4 rings (SSSR count). The van der Waals surface area contributed by atoms with Crippen molar-refractivity contribution < 1.29 is 13.9 Å². The molecule has 1 aliphatic rings. The van der Waals surface area contributed by atoms with Crippen LogP contribution in [-0.4, -0.2) is 44.3 Å². The van der Waals surface area contributed by atoms with Crippen LogP contribution in [0.15, 0.2) is 54.9 Å². The van der Waals surface area contributed by atoms with Crippen molar-refractivity contribution in [3.63, 3.8) is 0 Å². The lowest BCUT2D eigenvalue weighted by atomic mass is 9.75. The Morgan fingerprint density at radius 2 is 2.06 bits per heavy atom. The molecule has 0 aliphatic heterocycles. The van der Waals surface area contributed by atoms with E-state index in [0.717, 1.165) is 12.6 Å². The third-order valence-corrected chi connectivity index (χ3v) is 6.12. The van der Waals surface area contributed by atoms with Gasteiger partial charge in [-0.3, -0.25) is 0 Å². The summed E-state index contributed by atoms with van der Waals surface area (Å²) < 4.78 is 29.1. The minimum absolute atomic E-state index is 0.0243. The summed E-state index contributed by atoms with van der Waals surface area (Å²) in [5.74, 6) is 0.0782. The molecule has 162 valence electrons. The maximum Gasteiger partial charge on any atom is 0.161 e. The van der Waals surface area contributed by atoms with E-state index < -0.39 is 12.0 Å². The van der Waals surface area contributed by atoms with Crippen molar-refractivity contribution in [2.75, 3.05) is 11.9 Å². The fraction of sp³-hybridized carbons (Fsp3) is 0.348. The molecule has 0 fully saturated rings. The van der Waals surface area contributed by atoms with Gasteiger partial charge in [-0.25, -0.2) is 13.5 Å². The van der Waals surface area contributed by atoms with Crippen LogP contribution in [0, 0.1) is 11.2 Å². The number of allylic oxidation sites excluding steroid dienone is 1. The molecule has 0 spiro atoms. The van der Waals surface area contributed by atoms with E-state index in [-0.39, 0.29) is 17.2 Å². The summed E-state index contributed by atoms with van der Waals surface area (Å²) >= 11 is 0. The van der Waals surface area contributed by atoms with Gasteiger partial charge in [-0.2, -0.15) is 5.10 Å². The fourth-order valence-corrected chi connectivity index (χ4v) is 3.87. The molecule has 1 aliphatic carbocycles. The molecule has 1 N–H and O–H groups in total. The normalized spacial score (nSPS) is 23.1. The van der Waals surface area contributed by atoms with Crippen LogP contribution in [0.1, 0.15) is 26.7 Å². The first-order chi connectivity index (χ1) is 14.8. The molecular weight excluding hydrogens is 400 g/mol. The second-order valence-electron chi connectivity index (χ2n) is 8.27. The molecule has 0 saturated heterocycles. The van der Waals surface area contributed by atoms with E-state index in [2.05, 4.69) is 29.1 Å². The summed E-state index contributed by atoms with van der Waals surface area (Å²) in [7, 11) is 1.83. The Morgan fingerprint density at radius 1 is 1.26 bits per heavy atom. The number of aromatic hydroxyl groups is 1. The van der Waals surface area contributed by atoms with E-state index in [1.165, 1.54) is 16.9 Å². The van der Waals surface area contributed by atoms with Crippen molar-refractivity contribution in [3.8, 4) is 22.7 Å². The van der Waals surface area contributed by atoms with Crippen molar-refractivity contribution >= 4 is 5.82 Å². The Morgan fingerprint density at radius 3 is 2.68 bits per heavy atom. The molecule has 1 aromatic carbocycles. The van der Waals surface area contributed by atoms with Crippen molar-refractivity contribution in [3.05, 3.63) is 60.7 Å². The highest BCUT2D eigenvalue weighted by molar-refractivity contribution is 5.69. The summed E-state index contributed by atoms with van der Waals surface area (Å²) in [4.78, 5) is 1.83. The van der Waals surface area contributed by atoms with E-state index in [1.54, 1.807) is 30.3 Å². The molecule has 2 aromatic heterocycles. The molecule has 0 saturated carbocycles. The highest BCUT2D eigenvalue weighted by Crippen LogP contribution is 2.38. The van der Waals surface area contributed by atoms with Crippen molar-refractivity contribution in [2.24, 2.45) is 5.41 Å². The third kappa shape index (κ3) is 4.15. The molecule has 0 bridgehead atoms. The van der Waals surface area contributed by atoms with Gasteiger partial charge in [-0.1, -0.05) is 26.0 Å².